The van der Waals surface area contributed by atoms with Gasteiger partial charge in [-0.05, 0) is 25.5 Å². The Morgan fingerprint density at radius 3 is 2.71 bits per heavy atom. The third-order valence-electron chi connectivity index (χ3n) is 3.31. The number of rotatable bonds is 10. The second kappa shape index (κ2) is 9.58. The van der Waals surface area contributed by atoms with Crippen LogP contribution in [0.3, 0.4) is 0 Å². The number of hydrogen-bond donors (Lipinski definition) is 3. The number of methoxy groups -OCH3 is 1. The lowest BCUT2D eigenvalue weighted by atomic mass is 10.1. The Hall–Kier alpha value is -2.52. The molecular weight excluding hydrogens is 318 g/mol. The smallest absolute Gasteiger partial charge is 0.321 e. The number of carbonyl (C=O) groups is 2. The van der Waals surface area contributed by atoms with E-state index in [9.17, 15) is 19.7 Å². The van der Waals surface area contributed by atoms with E-state index in [0.717, 1.165) is 0 Å². The number of nitrogens with zero attached hydrogens (tertiary/aromatic N) is 1. The van der Waals surface area contributed by atoms with Gasteiger partial charge in [0, 0.05) is 25.8 Å². The molecule has 9 nitrogen and oxygen atoms in total. The van der Waals surface area contributed by atoms with Crippen molar-refractivity contribution in [2.45, 2.75) is 25.8 Å². The van der Waals surface area contributed by atoms with Crippen LogP contribution in [0.4, 0.5) is 11.4 Å². The van der Waals surface area contributed by atoms with Gasteiger partial charge < -0.3 is 20.5 Å². The Balaban J connectivity index is 2.67. The molecule has 9 heteroatoms. The van der Waals surface area contributed by atoms with Crippen LogP contribution in [0.15, 0.2) is 18.2 Å². The van der Waals surface area contributed by atoms with Crippen LogP contribution < -0.4 is 10.6 Å². The number of carboxylic acid groups (broad SMARTS) is 1. The number of non-ortho nitro benzene ring substituents is 1. The van der Waals surface area contributed by atoms with Gasteiger partial charge in [0.25, 0.3) is 5.69 Å². The Morgan fingerprint density at radius 1 is 1.42 bits per heavy atom. The molecule has 1 amide bonds. The molecule has 0 bridgehead atoms. The van der Waals surface area contributed by atoms with Gasteiger partial charge in [0.2, 0.25) is 5.91 Å². The zero-order valence-electron chi connectivity index (χ0n) is 13.6. The van der Waals surface area contributed by atoms with Gasteiger partial charge in [-0.25, -0.2) is 0 Å². The fraction of sp³-hybridized carbons (Fsp3) is 0.467. The second-order valence-corrected chi connectivity index (χ2v) is 5.20. The van der Waals surface area contributed by atoms with Gasteiger partial charge in [0.05, 0.1) is 17.0 Å². The highest BCUT2D eigenvalue weighted by Gasteiger charge is 2.21. The molecule has 0 radical (unpaired) electrons. The summed E-state index contributed by atoms with van der Waals surface area (Å²) in [7, 11) is 1.55. The number of aryl methyl sites for hydroxylation is 1. The molecule has 3 N–H and O–H groups in total. The van der Waals surface area contributed by atoms with Crippen molar-refractivity contribution in [2.24, 2.45) is 0 Å². The van der Waals surface area contributed by atoms with Gasteiger partial charge in [0.15, 0.2) is 0 Å². The SMILES string of the molecule is COCCCN[C@H](CC(=O)Nc1cc([N+](=O)[O-])ccc1C)C(=O)O. The molecule has 0 saturated heterocycles. The van der Waals surface area contributed by atoms with Crippen molar-refractivity contribution in [1.82, 2.24) is 5.32 Å². The molecule has 1 atom stereocenters. The fourth-order valence-electron chi connectivity index (χ4n) is 1.98. The number of hydrogen-bond acceptors (Lipinski definition) is 6. The van der Waals surface area contributed by atoms with E-state index in [2.05, 4.69) is 10.6 Å². The van der Waals surface area contributed by atoms with Crippen LogP contribution >= 0.6 is 0 Å². The minimum Gasteiger partial charge on any atom is -0.480 e. The summed E-state index contributed by atoms with van der Waals surface area (Å²) < 4.78 is 4.87. The van der Waals surface area contributed by atoms with Crippen LogP contribution in [-0.4, -0.2) is 48.2 Å². The van der Waals surface area contributed by atoms with E-state index in [0.29, 0.717) is 25.1 Å². The fourth-order valence-corrected chi connectivity index (χ4v) is 1.98. The summed E-state index contributed by atoms with van der Waals surface area (Å²) in [5.41, 5.74) is 0.787. The molecule has 0 fully saturated rings. The van der Waals surface area contributed by atoms with Crippen molar-refractivity contribution >= 4 is 23.3 Å². The second-order valence-electron chi connectivity index (χ2n) is 5.20. The van der Waals surface area contributed by atoms with E-state index in [4.69, 9.17) is 9.84 Å². The number of carbonyl (C=O) groups excluding carboxylic acids is 1. The molecule has 1 rings (SSSR count). The van der Waals surface area contributed by atoms with Crippen molar-refractivity contribution in [3.05, 3.63) is 33.9 Å². The summed E-state index contributed by atoms with van der Waals surface area (Å²) in [6.07, 6.45) is 0.330. The quantitative estimate of drug-likeness (QED) is 0.333. The highest BCUT2D eigenvalue weighted by molar-refractivity contribution is 5.94. The Bertz CT molecular complexity index is 605. The van der Waals surface area contributed by atoms with Crippen molar-refractivity contribution in [3.8, 4) is 0 Å². The molecule has 0 unspecified atom stereocenters. The normalized spacial score (nSPS) is 11.8. The molecule has 1 aromatic rings. The topological polar surface area (TPSA) is 131 Å². The van der Waals surface area contributed by atoms with Crippen molar-refractivity contribution in [1.29, 1.82) is 0 Å². The lowest BCUT2D eigenvalue weighted by Gasteiger charge is -2.15. The van der Waals surface area contributed by atoms with E-state index in [1.54, 1.807) is 14.0 Å². The van der Waals surface area contributed by atoms with E-state index >= 15 is 0 Å². The summed E-state index contributed by atoms with van der Waals surface area (Å²) in [4.78, 5) is 33.5. The van der Waals surface area contributed by atoms with Crippen LogP contribution in [0.1, 0.15) is 18.4 Å². The van der Waals surface area contributed by atoms with Gasteiger partial charge in [-0.3, -0.25) is 19.7 Å². The van der Waals surface area contributed by atoms with Crippen molar-refractivity contribution < 1.29 is 24.4 Å². The number of ether oxygens (including phenoxy) is 1. The number of anilines is 1. The molecule has 0 aliphatic rings. The zero-order valence-corrected chi connectivity index (χ0v) is 13.6. The minimum absolute atomic E-state index is 0.150. The highest BCUT2D eigenvalue weighted by Crippen LogP contribution is 2.22. The molecule has 0 aliphatic heterocycles. The van der Waals surface area contributed by atoms with Crippen molar-refractivity contribution in [2.75, 3.05) is 25.6 Å². The third kappa shape index (κ3) is 6.31. The van der Waals surface area contributed by atoms with E-state index in [1.165, 1.54) is 18.2 Å². The molecule has 0 heterocycles. The van der Waals surface area contributed by atoms with Gasteiger partial charge in [-0.1, -0.05) is 6.07 Å². The van der Waals surface area contributed by atoms with Gasteiger partial charge >= 0.3 is 5.97 Å². The van der Waals surface area contributed by atoms with Gasteiger partial charge in [-0.2, -0.15) is 0 Å². The van der Waals surface area contributed by atoms with Crippen LogP contribution in [-0.2, 0) is 14.3 Å². The molecule has 24 heavy (non-hydrogen) atoms. The predicted octanol–water partition coefficient (Wildman–Crippen LogP) is 1.31. The average Bonchev–Trinajstić information content (AvgIpc) is 2.52. The summed E-state index contributed by atoms with van der Waals surface area (Å²) in [6, 6.07) is 3.06. The van der Waals surface area contributed by atoms with Gasteiger partial charge in [0.1, 0.15) is 6.04 Å². The molecular formula is C15H21N3O6. The zero-order chi connectivity index (χ0) is 18.1. The van der Waals surface area contributed by atoms with Crippen LogP contribution in [0.5, 0.6) is 0 Å². The molecule has 0 aliphatic carbocycles. The molecule has 1 aromatic carbocycles. The van der Waals surface area contributed by atoms with Gasteiger partial charge in [-0.15, -0.1) is 0 Å². The van der Waals surface area contributed by atoms with Crippen LogP contribution in [0.25, 0.3) is 0 Å². The monoisotopic (exact) mass is 339 g/mol. The van der Waals surface area contributed by atoms with E-state index in [-0.39, 0.29) is 17.8 Å². The predicted molar refractivity (Wildman–Crippen MR) is 87.0 cm³/mol. The number of benzene rings is 1. The first-order valence-corrected chi connectivity index (χ1v) is 7.35. The number of aliphatic carboxylic acids is 1. The first kappa shape index (κ1) is 19.5. The number of nitro groups is 1. The lowest BCUT2D eigenvalue weighted by molar-refractivity contribution is -0.384. The molecule has 0 saturated carbocycles. The number of amides is 1. The van der Waals surface area contributed by atoms with Crippen molar-refractivity contribution in [3.63, 3.8) is 0 Å². The maximum atomic E-state index is 12.0. The standard InChI is InChI=1S/C15H21N3O6/c1-10-4-5-11(18(22)23)8-12(10)17-14(19)9-13(15(20)21)16-6-3-7-24-2/h4-5,8,13,16H,3,6-7,9H2,1-2H3,(H,17,19)(H,20,21)/t13-/m1/s1. The number of nitrogens with one attached hydrogen (secondary N) is 2. The summed E-state index contributed by atoms with van der Waals surface area (Å²) in [6.45, 7) is 2.57. The highest BCUT2D eigenvalue weighted by atomic mass is 16.6. The molecule has 0 spiro atoms. The number of nitro benzene ring substituents is 1. The van der Waals surface area contributed by atoms with Crippen LogP contribution in [0.2, 0.25) is 0 Å². The first-order chi connectivity index (χ1) is 11.3. The first-order valence-electron chi connectivity index (χ1n) is 7.35. The number of carboxylic acids is 1. The summed E-state index contributed by atoms with van der Waals surface area (Å²) in [5.74, 6) is -1.68. The van der Waals surface area contributed by atoms with E-state index < -0.39 is 22.8 Å². The molecule has 0 aromatic heterocycles. The Labute approximate surface area is 139 Å². The maximum absolute atomic E-state index is 12.0. The summed E-state index contributed by atoms with van der Waals surface area (Å²) in [5, 5.41) is 25.2. The van der Waals surface area contributed by atoms with E-state index in [1.807, 2.05) is 0 Å². The Kier molecular flexibility index (Phi) is 7.80. The average molecular weight is 339 g/mol. The lowest BCUT2D eigenvalue weighted by Crippen LogP contribution is -2.40. The largest absolute Gasteiger partial charge is 0.480 e. The third-order valence-corrected chi connectivity index (χ3v) is 3.31. The molecule has 132 valence electrons. The minimum atomic E-state index is -1.14. The van der Waals surface area contributed by atoms with Crippen LogP contribution in [0, 0.1) is 17.0 Å². The summed E-state index contributed by atoms with van der Waals surface area (Å²) >= 11 is 0. The Morgan fingerprint density at radius 2 is 2.12 bits per heavy atom. The maximum Gasteiger partial charge on any atom is 0.321 e.